The minimum Gasteiger partial charge on any atom is -0.454 e. The first-order valence-electron chi connectivity index (χ1n) is 8.34. The zero-order valence-electron chi connectivity index (χ0n) is 14.3. The molecule has 2 heterocycles. The molecule has 0 radical (unpaired) electrons. The lowest BCUT2D eigenvalue weighted by molar-refractivity contribution is 0.174. The van der Waals surface area contributed by atoms with Crippen LogP contribution in [0.5, 0.6) is 11.5 Å². The molecule has 5 nitrogen and oxygen atoms in total. The van der Waals surface area contributed by atoms with E-state index in [-0.39, 0.29) is 19.2 Å². The molecule has 0 atom stereocenters. The van der Waals surface area contributed by atoms with Crippen molar-refractivity contribution in [2.24, 2.45) is 0 Å². The van der Waals surface area contributed by atoms with Crippen LogP contribution in [0.1, 0.15) is 0 Å². The third-order valence-corrected chi connectivity index (χ3v) is 4.36. The fourth-order valence-corrected chi connectivity index (χ4v) is 3.09. The van der Waals surface area contributed by atoms with E-state index in [0.717, 1.165) is 28.0 Å². The van der Waals surface area contributed by atoms with E-state index in [9.17, 15) is 0 Å². The highest BCUT2D eigenvalue weighted by Crippen LogP contribution is 2.37. The normalized spacial score (nSPS) is 11.9. The summed E-state index contributed by atoms with van der Waals surface area (Å²) in [4.78, 5) is 8.75. The van der Waals surface area contributed by atoms with Gasteiger partial charge < -0.3 is 14.8 Å². The molecule has 0 spiro atoms. The quantitative estimate of drug-likeness (QED) is 0.532. The minimum absolute atomic E-state index is 0. The summed E-state index contributed by atoms with van der Waals surface area (Å²) in [6.07, 6.45) is 1.55. The van der Waals surface area contributed by atoms with Crippen molar-refractivity contribution in [2.45, 2.75) is 0 Å². The largest absolute Gasteiger partial charge is 0.454 e. The molecule has 1 aliphatic rings. The fourth-order valence-electron chi connectivity index (χ4n) is 3.09. The maximum atomic E-state index is 5.48. The van der Waals surface area contributed by atoms with Gasteiger partial charge in [-0.05, 0) is 29.3 Å². The Balaban J connectivity index is 0.00000180. The van der Waals surface area contributed by atoms with Crippen LogP contribution < -0.4 is 14.8 Å². The topological polar surface area (TPSA) is 56.3 Å². The van der Waals surface area contributed by atoms with Gasteiger partial charge in [-0.25, -0.2) is 9.97 Å². The number of rotatable bonds is 3. The van der Waals surface area contributed by atoms with E-state index >= 15 is 0 Å². The summed E-state index contributed by atoms with van der Waals surface area (Å²) in [6.45, 7) is 0.237. The Morgan fingerprint density at radius 2 is 1.56 bits per heavy atom. The van der Waals surface area contributed by atoms with Gasteiger partial charge in [-0.2, -0.15) is 0 Å². The van der Waals surface area contributed by atoms with E-state index < -0.39 is 0 Å². The number of aromatic nitrogens is 2. The predicted molar refractivity (Wildman–Crippen MR) is 108 cm³/mol. The van der Waals surface area contributed by atoms with Crippen molar-refractivity contribution in [1.82, 2.24) is 9.97 Å². The fraction of sp³-hybridized carbons (Fsp3) is 0.0476. The van der Waals surface area contributed by atoms with Crippen LogP contribution in [0.25, 0.3) is 22.0 Å². The zero-order chi connectivity index (χ0) is 17.3. The molecule has 6 heteroatoms. The third-order valence-electron chi connectivity index (χ3n) is 4.36. The number of nitrogens with one attached hydrogen (secondary N) is 1. The van der Waals surface area contributed by atoms with Gasteiger partial charge in [0.1, 0.15) is 12.1 Å². The van der Waals surface area contributed by atoms with Crippen LogP contribution in [-0.2, 0) is 0 Å². The molecule has 0 bridgehead atoms. The molecule has 0 saturated carbocycles. The van der Waals surface area contributed by atoms with Crippen LogP contribution in [-0.4, -0.2) is 16.8 Å². The van der Waals surface area contributed by atoms with Crippen molar-refractivity contribution in [3.05, 3.63) is 73.1 Å². The zero-order valence-corrected chi connectivity index (χ0v) is 15.1. The van der Waals surface area contributed by atoms with Crippen LogP contribution in [0.15, 0.2) is 73.1 Å². The Bertz CT molecular complexity index is 1100. The molecule has 0 aliphatic carbocycles. The highest BCUT2D eigenvalue weighted by Gasteiger charge is 2.16. The van der Waals surface area contributed by atoms with Gasteiger partial charge in [0.15, 0.2) is 11.5 Å². The first-order valence-corrected chi connectivity index (χ1v) is 8.34. The second-order valence-electron chi connectivity index (χ2n) is 6.02. The maximum Gasteiger partial charge on any atom is 0.231 e. The van der Waals surface area contributed by atoms with E-state index in [4.69, 9.17) is 9.47 Å². The van der Waals surface area contributed by atoms with Crippen molar-refractivity contribution < 1.29 is 9.47 Å². The number of hydrogen-bond acceptors (Lipinski definition) is 5. The van der Waals surface area contributed by atoms with Crippen molar-refractivity contribution in [1.29, 1.82) is 0 Å². The molecule has 0 amide bonds. The summed E-state index contributed by atoms with van der Waals surface area (Å²) >= 11 is 0. The predicted octanol–water partition coefficient (Wildman–Crippen LogP) is 5.19. The Labute approximate surface area is 162 Å². The van der Waals surface area contributed by atoms with Gasteiger partial charge in [0.2, 0.25) is 6.79 Å². The molecule has 3 aromatic carbocycles. The summed E-state index contributed by atoms with van der Waals surface area (Å²) in [5.74, 6) is 2.17. The van der Waals surface area contributed by atoms with E-state index in [1.165, 1.54) is 5.56 Å². The van der Waals surface area contributed by atoms with Crippen LogP contribution in [0.3, 0.4) is 0 Å². The van der Waals surface area contributed by atoms with Crippen LogP contribution in [0.2, 0.25) is 0 Å². The van der Waals surface area contributed by atoms with Crippen LogP contribution >= 0.6 is 12.4 Å². The number of hydrogen-bond donors (Lipinski definition) is 1. The first-order chi connectivity index (χ1) is 12.9. The summed E-state index contributed by atoms with van der Waals surface area (Å²) in [5.41, 5.74) is 4.09. The summed E-state index contributed by atoms with van der Waals surface area (Å²) < 4.78 is 10.9. The molecule has 4 aromatic rings. The molecule has 5 rings (SSSR count). The maximum absolute atomic E-state index is 5.48. The molecule has 1 aliphatic heterocycles. The third kappa shape index (κ3) is 3.25. The molecule has 1 N–H and O–H groups in total. The smallest absolute Gasteiger partial charge is 0.231 e. The molecule has 0 fully saturated rings. The van der Waals surface area contributed by atoms with Crippen LogP contribution in [0.4, 0.5) is 11.5 Å². The Kier molecular flexibility index (Phi) is 4.52. The average Bonchev–Trinajstić information content (AvgIpc) is 3.15. The van der Waals surface area contributed by atoms with Crippen molar-refractivity contribution in [2.75, 3.05) is 12.1 Å². The SMILES string of the molecule is Cl.c1ccc(-c2cccc(Nc3ncnc4cc5c(cc34)OCO5)c2)cc1. The van der Waals surface area contributed by atoms with Crippen molar-refractivity contribution in [3.8, 4) is 22.6 Å². The highest BCUT2D eigenvalue weighted by molar-refractivity contribution is 5.93. The van der Waals surface area contributed by atoms with Gasteiger partial charge in [0.05, 0.1) is 5.52 Å². The number of anilines is 2. The minimum atomic E-state index is 0. The Morgan fingerprint density at radius 3 is 2.41 bits per heavy atom. The highest BCUT2D eigenvalue weighted by atomic mass is 35.5. The van der Waals surface area contributed by atoms with E-state index in [1.54, 1.807) is 6.33 Å². The molecule has 1 aromatic heterocycles. The lowest BCUT2D eigenvalue weighted by Crippen LogP contribution is -1.96. The van der Waals surface area contributed by atoms with Crippen molar-refractivity contribution >= 4 is 34.8 Å². The Hall–Kier alpha value is -3.31. The number of fused-ring (bicyclic) bond motifs is 2. The molecular formula is C21H16ClN3O2. The van der Waals surface area contributed by atoms with Gasteiger partial charge in [0, 0.05) is 17.1 Å². The van der Waals surface area contributed by atoms with Crippen LogP contribution in [0, 0.1) is 0 Å². The second-order valence-corrected chi connectivity index (χ2v) is 6.02. The summed E-state index contributed by atoms with van der Waals surface area (Å²) in [5, 5.41) is 4.29. The number of ether oxygens (including phenoxy) is 2. The second kappa shape index (κ2) is 7.13. The molecule has 0 unspecified atom stereocenters. The molecular weight excluding hydrogens is 362 g/mol. The summed E-state index contributed by atoms with van der Waals surface area (Å²) in [7, 11) is 0. The average molecular weight is 378 g/mol. The van der Waals surface area contributed by atoms with E-state index in [2.05, 4.69) is 39.6 Å². The lowest BCUT2D eigenvalue weighted by atomic mass is 10.1. The van der Waals surface area contributed by atoms with Gasteiger partial charge in [0.25, 0.3) is 0 Å². The van der Waals surface area contributed by atoms with Gasteiger partial charge in [-0.1, -0.05) is 42.5 Å². The monoisotopic (exact) mass is 377 g/mol. The molecule has 134 valence electrons. The number of halogens is 1. The van der Waals surface area contributed by atoms with Gasteiger partial charge in [-0.15, -0.1) is 12.4 Å². The van der Waals surface area contributed by atoms with E-state index in [0.29, 0.717) is 11.5 Å². The summed E-state index contributed by atoms with van der Waals surface area (Å²) in [6, 6.07) is 22.3. The Morgan fingerprint density at radius 1 is 0.778 bits per heavy atom. The standard InChI is InChI=1S/C21H15N3O2.ClH/c1-2-5-14(6-3-1)15-7-4-8-16(9-15)24-21-17-10-19-20(26-13-25-19)11-18(17)22-12-23-21;/h1-12H,13H2,(H,22,23,24);1H. The van der Waals surface area contributed by atoms with Crippen molar-refractivity contribution in [3.63, 3.8) is 0 Å². The van der Waals surface area contributed by atoms with Gasteiger partial charge in [-0.3, -0.25) is 0 Å². The molecule has 27 heavy (non-hydrogen) atoms. The van der Waals surface area contributed by atoms with E-state index in [1.807, 2.05) is 42.5 Å². The number of benzene rings is 3. The lowest BCUT2D eigenvalue weighted by Gasteiger charge is -2.10. The first kappa shape index (κ1) is 17.1. The number of nitrogens with zero attached hydrogens (tertiary/aromatic N) is 2. The van der Waals surface area contributed by atoms with Gasteiger partial charge >= 0.3 is 0 Å². The molecule has 0 saturated heterocycles.